The van der Waals surface area contributed by atoms with E-state index in [4.69, 9.17) is 34.8 Å². The van der Waals surface area contributed by atoms with Crippen molar-refractivity contribution in [1.82, 2.24) is 0 Å². The molecule has 96 valence electrons. The smallest absolute Gasteiger partial charge is 0.0813 e. The highest BCUT2D eigenvalue weighted by Crippen LogP contribution is 2.32. The maximum absolute atomic E-state index is 10.1. The first-order chi connectivity index (χ1) is 7.74. The van der Waals surface area contributed by atoms with Crippen LogP contribution in [0.25, 0.3) is 0 Å². The fraction of sp³-hybridized carbons (Fsp3) is 0.500. The second-order valence-corrected chi connectivity index (χ2v) is 5.83. The number of anilines is 1. The first kappa shape index (κ1) is 14.9. The lowest BCUT2D eigenvalue weighted by Crippen LogP contribution is -2.38. The van der Waals surface area contributed by atoms with Crippen molar-refractivity contribution in [3.05, 3.63) is 27.2 Å². The van der Waals surface area contributed by atoms with Crippen LogP contribution in [-0.2, 0) is 0 Å². The summed E-state index contributed by atoms with van der Waals surface area (Å²) in [5.74, 6) is 0.136. The van der Waals surface area contributed by atoms with Gasteiger partial charge in [-0.2, -0.15) is 0 Å². The molecule has 0 radical (unpaired) electrons. The van der Waals surface area contributed by atoms with Crippen molar-refractivity contribution in [2.75, 3.05) is 11.9 Å². The normalized spacial score (nSPS) is 14.8. The summed E-state index contributed by atoms with van der Waals surface area (Å²) in [5.41, 5.74) is -0.142. The molecule has 0 fully saturated rings. The third-order valence-corrected chi connectivity index (χ3v) is 3.93. The Morgan fingerprint density at radius 3 is 2.24 bits per heavy atom. The minimum Gasteiger partial charge on any atom is -0.388 e. The van der Waals surface area contributed by atoms with Crippen molar-refractivity contribution in [3.8, 4) is 0 Å². The van der Waals surface area contributed by atoms with E-state index < -0.39 is 5.60 Å². The number of aliphatic hydroxyl groups is 1. The van der Waals surface area contributed by atoms with Crippen LogP contribution in [0.1, 0.15) is 20.8 Å². The van der Waals surface area contributed by atoms with E-state index in [0.29, 0.717) is 27.3 Å². The molecule has 1 atom stereocenters. The predicted molar refractivity (Wildman–Crippen MR) is 75.4 cm³/mol. The maximum Gasteiger partial charge on any atom is 0.0813 e. The van der Waals surface area contributed by atoms with Gasteiger partial charge in [0, 0.05) is 6.54 Å². The third-order valence-electron chi connectivity index (χ3n) is 2.89. The molecule has 0 saturated heterocycles. The van der Waals surface area contributed by atoms with Crippen LogP contribution in [0.4, 0.5) is 5.69 Å². The first-order valence-electron chi connectivity index (χ1n) is 5.35. The van der Waals surface area contributed by atoms with Gasteiger partial charge in [-0.25, -0.2) is 0 Å². The molecule has 17 heavy (non-hydrogen) atoms. The molecule has 0 aliphatic rings. The van der Waals surface area contributed by atoms with Crippen molar-refractivity contribution in [3.63, 3.8) is 0 Å². The quantitative estimate of drug-likeness (QED) is 0.804. The zero-order valence-electron chi connectivity index (χ0n) is 10.0. The largest absolute Gasteiger partial charge is 0.388 e. The van der Waals surface area contributed by atoms with Crippen molar-refractivity contribution in [2.24, 2.45) is 5.92 Å². The molecule has 1 rings (SSSR count). The van der Waals surface area contributed by atoms with Gasteiger partial charge in [-0.3, -0.25) is 0 Å². The standard InChI is InChI=1S/C12H16Cl3NO/c1-7(2)12(3,17)6-16-11-5-9(14)8(13)4-10(11)15/h4-5,7,16-17H,6H2,1-3H3. The highest BCUT2D eigenvalue weighted by molar-refractivity contribution is 6.44. The maximum atomic E-state index is 10.1. The van der Waals surface area contributed by atoms with Crippen LogP contribution in [0.5, 0.6) is 0 Å². The molecular weight excluding hydrogens is 280 g/mol. The van der Waals surface area contributed by atoms with Gasteiger partial charge in [0.05, 0.1) is 26.4 Å². The van der Waals surface area contributed by atoms with E-state index in [0.717, 1.165) is 0 Å². The summed E-state index contributed by atoms with van der Waals surface area (Å²) in [6, 6.07) is 3.24. The minimum atomic E-state index is -0.810. The summed E-state index contributed by atoms with van der Waals surface area (Å²) < 4.78 is 0. The Morgan fingerprint density at radius 2 is 1.71 bits per heavy atom. The van der Waals surface area contributed by atoms with Crippen molar-refractivity contribution in [1.29, 1.82) is 0 Å². The lowest BCUT2D eigenvalue weighted by molar-refractivity contribution is 0.0266. The number of hydrogen-bond acceptors (Lipinski definition) is 2. The molecule has 0 aliphatic heterocycles. The second kappa shape index (κ2) is 5.66. The van der Waals surface area contributed by atoms with Gasteiger partial charge < -0.3 is 10.4 Å². The molecule has 0 saturated carbocycles. The van der Waals surface area contributed by atoms with Gasteiger partial charge in [0.2, 0.25) is 0 Å². The van der Waals surface area contributed by atoms with Crippen molar-refractivity contribution < 1.29 is 5.11 Å². The monoisotopic (exact) mass is 295 g/mol. The first-order valence-corrected chi connectivity index (χ1v) is 6.48. The highest BCUT2D eigenvalue weighted by atomic mass is 35.5. The summed E-state index contributed by atoms with van der Waals surface area (Å²) in [5, 5.41) is 14.5. The van der Waals surface area contributed by atoms with Gasteiger partial charge >= 0.3 is 0 Å². The van der Waals surface area contributed by atoms with Crippen LogP contribution in [0.3, 0.4) is 0 Å². The average Bonchev–Trinajstić information content (AvgIpc) is 2.21. The molecule has 0 aliphatic carbocycles. The Morgan fingerprint density at radius 1 is 1.18 bits per heavy atom. The van der Waals surface area contributed by atoms with Crippen LogP contribution < -0.4 is 5.32 Å². The second-order valence-electron chi connectivity index (χ2n) is 4.61. The summed E-state index contributed by atoms with van der Waals surface area (Å²) in [6.45, 7) is 6.08. The summed E-state index contributed by atoms with van der Waals surface area (Å²) >= 11 is 17.8. The lowest BCUT2D eigenvalue weighted by Gasteiger charge is -2.28. The van der Waals surface area contributed by atoms with E-state index in [1.165, 1.54) is 0 Å². The molecule has 1 aromatic rings. The number of benzene rings is 1. The SMILES string of the molecule is CC(C)C(C)(O)CNc1cc(Cl)c(Cl)cc1Cl. The van der Waals surface area contributed by atoms with Crippen molar-refractivity contribution in [2.45, 2.75) is 26.4 Å². The molecule has 2 N–H and O–H groups in total. The van der Waals surface area contributed by atoms with Crippen LogP contribution >= 0.6 is 34.8 Å². The fourth-order valence-corrected chi connectivity index (χ4v) is 1.75. The molecule has 1 unspecified atom stereocenters. The van der Waals surface area contributed by atoms with Gasteiger partial charge in [-0.15, -0.1) is 0 Å². The van der Waals surface area contributed by atoms with Crippen LogP contribution in [0, 0.1) is 5.92 Å². The zero-order valence-corrected chi connectivity index (χ0v) is 12.3. The molecular formula is C12H16Cl3NO. The van der Waals surface area contributed by atoms with E-state index in [2.05, 4.69) is 5.32 Å². The van der Waals surface area contributed by atoms with Gasteiger partial charge in [-0.1, -0.05) is 48.7 Å². The average molecular weight is 297 g/mol. The predicted octanol–water partition coefficient (Wildman–Crippen LogP) is 4.47. The topological polar surface area (TPSA) is 32.3 Å². The summed E-state index contributed by atoms with van der Waals surface area (Å²) in [6.07, 6.45) is 0. The Bertz CT molecular complexity index is 405. The Kier molecular flexibility index (Phi) is 4.96. The third kappa shape index (κ3) is 3.92. The molecule has 0 amide bonds. The number of hydrogen-bond donors (Lipinski definition) is 2. The number of nitrogens with one attached hydrogen (secondary N) is 1. The number of halogens is 3. The molecule has 0 bridgehead atoms. The zero-order chi connectivity index (χ0) is 13.2. The molecule has 5 heteroatoms. The Hall–Kier alpha value is -0.150. The van der Waals surface area contributed by atoms with Crippen LogP contribution in [0.15, 0.2) is 12.1 Å². The van der Waals surface area contributed by atoms with E-state index in [1.54, 1.807) is 19.1 Å². The van der Waals surface area contributed by atoms with Gasteiger partial charge in [0.1, 0.15) is 0 Å². The van der Waals surface area contributed by atoms with Gasteiger partial charge in [0.25, 0.3) is 0 Å². The van der Waals surface area contributed by atoms with E-state index in [1.807, 2.05) is 13.8 Å². The Balaban J connectivity index is 2.80. The summed E-state index contributed by atoms with van der Waals surface area (Å²) in [4.78, 5) is 0. The van der Waals surface area contributed by atoms with Gasteiger partial charge in [0.15, 0.2) is 0 Å². The van der Waals surface area contributed by atoms with E-state index >= 15 is 0 Å². The van der Waals surface area contributed by atoms with Crippen LogP contribution in [-0.4, -0.2) is 17.3 Å². The Labute approximate surface area is 117 Å². The minimum absolute atomic E-state index is 0.136. The van der Waals surface area contributed by atoms with E-state index in [9.17, 15) is 5.11 Å². The fourth-order valence-electron chi connectivity index (χ4n) is 1.14. The molecule has 0 aromatic heterocycles. The summed E-state index contributed by atoms with van der Waals surface area (Å²) in [7, 11) is 0. The molecule has 1 aromatic carbocycles. The van der Waals surface area contributed by atoms with Gasteiger partial charge in [-0.05, 0) is 25.0 Å². The lowest BCUT2D eigenvalue weighted by atomic mass is 9.92. The van der Waals surface area contributed by atoms with E-state index in [-0.39, 0.29) is 5.92 Å². The number of rotatable bonds is 4. The molecule has 0 heterocycles. The van der Waals surface area contributed by atoms with Crippen LogP contribution in [0.2, 0.25) is 15.1 Å². The van der Waals surface area contributed by atoms with Crippen molar-refractivity contribution >= 4 is 40.5 Å². The molecule has 0 spiro atoms. The molecule has 2 nitrogen and oxygen atoms in total. The highest BCUT2D eigenvalue weighted by Gasteiger charge is 2.24.